The highest BCUT2D eigenvalue weighted by Crippen LogP contribution is 2.41. The number of benzene rings is 2. The minimum absolute atomic E-state index is 0.134. The summed E-state index contributed by atoms with van der Waals surface area (Å²) >= 11 is 0. The van der Waals surface area contributed by atoms with Gasteiger partial charge in [0.15, 0.2) is 5.75 Å². The fourth-order valence-electron chi connectivity index (χ4n) is 4.10. The van der Waals surface area contributed by atoms with Gasteiger partial charge in [-0.1, -0.05) is 0 Å². The van der Waals surface area contributed by atoms with Crippen molar-refractivity contribution < 1.29 is 19.0 Å². The molecule has 0 fully saturated rings. The number of pyridine rings is 1. The normalized spacial score (nSPS) is 17.4. The summed E-state index contributed by atoms with van der Waals surface area (Å²) in [7, 11) is 0. The zero-order chi connectivity index (χ0) is 19.6. The van der Waals surface area contributed by atoms with Crippen LogP contribution in [0.15, 0.2) is 35.3 Å². The average Bonchev–Trinajstić information content (AvgIpc) is 3.14. The molecule has 0 spiro atoms. The molecule has 1 aromatic heterocycles. The molecule has 0 saturated heterocycles. The molecule has 1 atom stereocenters. The molecule has 2 aliphatic heterocycles. The van der Waals surface area contributed by atoms with Gasteiger partial charge in [-0.25, -0.2) is 9.18 Å². The molecule has 0 amide bonds. The lowest BCUT2D eigenvalue weighted by Gasteiger charge is -2.28. The number of carboxylic acid groups (broad SMARTS) is 1. The minimum atomic E-state index is -1.26. The van der Waals surface area contributed by atoms with Crippen molar-refractivity contribution in [2.45, 2.75) is 26.1 Å². The Labute approximate surface area is 159 Å². The molecule has 1 unspecified atom stereocenters. The van der Waals surface area contributed by atoms with Crippen LogP contribution >= 0.6 is 0 Å². The van der Waals surface area contributed by atoms with Crippen LogP contribution in [-0.2, 0) is 13.1 Å². The van der Waals surface area contributed by atoms with Gasteiger partial charge in [0.05, 0.1) is 16.9 Å². The zero-order valence-electron chi connectivity index (χ0n) is 15.1. The molecular weight excluding hydrogens is 363 g/mol. The second kappa shape index (κ2) is 5.90. The van der Waals surface area contributed by atoms with E-state index in [0.717, 1.165) is 5.56 Å². The van der Waals surface area contributed by atoms with Crippen LogP contribution in [0.25, 0.3) is 22.0 Å². The predicted octanol–water partition coefficient (Wildman–Crippen LogP) is 3.06. The van der Waals surface area contributed by atoms with E-state index in [9.17, 15) is 19.1 Å². The first-order valence-corrected chi connectivity index (χ1v) is 9.06. The number of fused-ring (bicyclic) bond motifs is 1. The lowest BCUT2D eigenvalue weighted by Crippen LogP contribution is -2.26. The third kappa shape index (κ3) is 2.29. The van der Waals surface area contributed by atoms with Crippen molar-refractivity contribution in [3.63, 3.8) is 0 Å². The maximum atomic E-state index is 14.5. The van der Waals surface area contributed by atoms with Gasteiger partial charge in [0.2, 0.25) is 5.43 Å². The lowest BCUT2D eigenvalue weighted by molar-refractivity contribution is 0.0694. The maximum Gasteiger partial charge on any atom is 0.341 e. The Morgan fingerprint density at radius 1 is 1.32 bits per heavy atom. The van der Waals surface area contributed by atoms with Gasteiger partial charge in [-0.3, -0.25) is 4.79 Å². The van der Waals surface area contributed by atoms with E-state index in [1.165, 1.54) is 12.3 Å². The van der Waals surface area contributed by atoms with Crippen molar-refractivity contribution in [1.29, 1.82) is 0 Å². The molecular formula is C21H17FN2O4. The van der Waals surface area contributed by atoms with Gasteiger partial charge in [-0.2, -0.15) is 0 Å². The molecule has 28 heavy (non-hydrogen) atoms. The molecule has 142 valence electrons. The van der Waals surface area contributed by atoms with Crippen molar-refractivity contribution in [3.05, 3.63) is 63.2 Å². The fourth-order valence-corrected chi connectivity index (χ4v) is 4.10. The van der Waals surface area contributed by atoms with Crippen molar-refractivity contribution >= 4 is 16.9 Å². The lowest BCUT2D eigenvalue weighted by atomic mass is 9.96. The molecule has 2 aromatic carbocycles. The molecule has 6 nitrogen and oxygen atoms in total. The number of nitrogens with one attached hydrogen (secondary N) is 1. The standard InChI is InChI=1S/C21H17FN2O4/c1-10-9-28-20-13(11-4-12-6-23-7-15(12)17(22)5-11)2-3-14-18(20)24(10)8-16(19(14)25)21(26)27/h2-5,8,10,23H,6-7,9H2,1H3,(H,26,27). The van der Waals surface area contributed by atoms with E-state index in [1.54, 1.807) is 16.7 Å². The molecule has 7 heteroatoms. The van der Waals surface area contributed by atoms with Gasteiger partial charge in [0.25, 0.3) is 0 Å². The molecule has 3 aromatic rings. The van der Waals surface area contributed by atoms with Crippen LogP contribution in [0.2, 0.25) is 0 Å². The van der Waals surface area contributed by atoms with Gasteiger partial charge in [0.1, 0.15) is 18.0 Å². The fraction of sp³-hybridized carbons (Fsp3) is 0.238. The molecule has 3 heterocycles. The topological polar surface area (TPSA) is 80.6 Å². The number of ether oxygens (including phenoxy) is 1. The SMILES string of the molecule is CC1COc2c(-c3cc(F)c4c(c3)CNC4)ccc3c(=O)c(C(=O)O)cn1c23. The smallest absolute Gasteiger partial charge is 0.341 e. The van der Waals surface area contributed by atoms with Crippen LogP contribution in [0.5, 0.6) is 5.75 Å². The van der Waals surface area contributed by atoms with Gasteiger partial charge < -0.3 is 19.7 Å². The molecule has 0 radical (unpaired) electrons. The van der Waals surface area contributed by atoms with Crippen LogP contribution < -0.4 is 15.5 Å². The highest BCUT2D eigenvalue weighted by Gasteiger charge is 2.27. The summed E-state index contributed by atoms with van der Waals surface area (Å²) in [4.78, 5) is 24.1. The number of carboxylic acids is 1. The van der Waals surface area contributed by atoms with Crippen LogP contribution in [0, 0.1) is 5.82 Å². The van der Waals surface area contributed by atoms with Crippen molar-refractivity contribution in [2.24, 2.45) is 0 Å². The Bertz CT molecular complexity index is 1230. The third-order valence-corrected chi connectivity index (χ3v) is 5.54. The second-order valence-corrected chi connectivity index (χ2v) is 7.28. The molecule has 0 saturated carbocycles. The first kappa shape index (κ1) is 16.9. The molecule has 2 N–H and O–H groups in total. The summed E-state index contributed by atoms with van der Waals surface area (Å²) < 4.78 is 22.3. The largest absolute Gasteiger partial charge is 0.489 e. The monoisotopic (exact) mass is 380 g/mol. The Morgan fingerprint density at radius 3 is 2.93 bits per heavy atom. The van der Waals surface area contributed by atoms with Crippen LogP contribution in [0.4, 0.5) is 4.39 Å². The second-order valence-electron chi connectivity index (χ2n) is 7.28. The Kier molecular flexibility index (Phi) is 3.57. The predicted molar refractivity (Wildman–Crippen MR) is 101 cm³/mol. The molecule has 0 aliphatic carbocycles. The van der Waals surface area contributed by atoms with E-state index in [1.807, 2.05) is 13.0 Å². The van der Waals surface area contributed by atoms with Gasteiger partial charge in [0, 0.05) is 30.4 Å². The quantitative estimate of drug-likeness (QED) is 0.714. The molecule has 0 bridgehead atoms. The van der Waals surface area contributed by atoms with Gasteiger partial charge in [-0.15, -0.1) is 0 Å². The van der Waals surface area contributed by atoms with Crippen LogP contribution in [0.1, 0.15) is 34.5 Å². The minimum Gasteiger partial charge on any atom is -0.489 e. The third-order valence-electron chi connectivity index (χ3n) is 5.54. The Balaban J connectivity index is 1.83. The maximum absolute atomic E-state index is 14.5. The summed E-state index contributed by atoms with van der Waals surface area (Å²) in [5, 5.41) is 12.8. The van der Waals surface area contributed by atoms with Crippen LogP contribution in [0.3, 0.4) is 0 Å². The number of halogens is 1. The zero-order valence-corrected chi connectivity index (χ0v) is 15.1. The number of nitrogens with zero attached hydrogens (tertiary/aromatic N) is 1. The summed E-state index contributed by atoms with van der Waals surface area (Å²) in [6.07, 6.45) is 1.38. The molecule has 2 aliphatic rings. The van der Waals surface area contributed by atoms with Crippen molar-refractivity contribution in [1.82, 2.24) is 9.88 Å². The number of hydrogen-bond donors (Lipinski definition) is 2. The number of aromatic carboxylic acids is 1. The van der Waals surface area contributed by atoms with Crippen LogP contribution in [-0.4, -0.2) is 22.2 Å². The van der Waals surface area contributed by atoms with E-state index < -0.39 is 11.4 Å². The van der Waals surface area contributed by atoms with Gasteiger partial charge >= 0.3 is 5.97 Å². The van der Waals surface area contributed by atoms with E-state index in [4.69, 9.17) is 4.74 Å². The Morgan fingerprint density at radius 2 is 2.14 bits per heavy atom. The average molecular weight is 380 g/mol. The number of carbonyl (C=O) groups is 1. The number of aromatic nitrogens is 1. The summed E-state index contributed by atoms with van der Waals surface area (Å²) in [6, 6.07) is 6.59. The highest BCUT2D eigenvalue weighted by atomic mass is 19.1. The Hall–Kier alpha value is -3.19. The summed E-state index contributed by atoms with van der Waals surface area (Å²) in [5.41, 5.74) is 2.67. The van der Waals surface area contributed by atoms with Gasteiger partial charge in [-0.05, 0) is 42.3 Å². The number of hydrogen-bond acceptors (Lipinski definition) is 4. The summed E-state index contributed by atoms with van der Waals surface area (Å²) in [5.74, 6) is -1.05. The van der Waals surface area contributed by atoms with Crippen molar-refractivity contribution in [2.75, 3.05) is 6.61 Å². The summed E-state index contributed by atoms with van der Waals surface area (Å²) in [6.45, 7) is 3.34. The van der Waals surface area contributed by atoms with E-state index in [0.29, 0.717) is 47.7 Å². The van der Waals surface area contributed by atoms with E-state index in [-0.39, 0.29) is 22.8 Å². The first-order valence-electron chi connectivity index (χ1n) is 9.06. The number of rotatable bonds is 2. The van der Waals surface area contributed by atoms with Crippen molar-refractivity contribution in [3.8, 4) is 16.9 Å². The van der Waals surface area contributed by atoms with E-state index in [2.05, 4.69) is 5.32 Å². The highest BCUT2D eigenvalue weighted by molar-refractivity contribution is 5.97. The first-order chi connectivity index (χ1) is 13.5. The van der Waals surface area contributed by atoms with E-state index >= 15 is 0 Å². The molecule has 5 rings (SSSR count).